The van der Waals surface area contributed by atoms with Gasteiger partial charge >= 0.3 is 12.1 Å². The number of fused-ring (bicyclic) bond motifs is 3. The molecule has 5 heteroatoms. The van der Waals surface area contributed by atoms with Crippen molar-refractivity contribution in [3.63, 3.8) is 0 Å². The second kappa shape index (κ2) is 8.97. The molecule has 0 bridgehead atoms. The zero-order valence-electron chi connectivity index (χ0n) is 19.2. The number of aliphatic carboxylic acids is 1. The summed E-state index contributed by atoms with van der Waals surface area (Å²) in [5.41, 5.74) is 3.44. The van der Waals surface area contributed by atoms with Crippen LogP contribution in [-0.4, -0.2) is 40.8 Å². The maximum Gasteiger partial charge on any atom is 0.410 e. The number of ether oxygens (including phenoxy) is 1. The molecule has 1 amide bonds. The molecule has 1 fully saturated rings. The molecular formula is C27H33NO4. The van der Waals surface area contributed by atoms with Gasteiger partial charge in [-0.1, -0.05) is 75.2 Å². The van der Waals surface area contributed by atoms with Crippen molar-refractivity contribution in [2.45, 2.75) is 57.9 Å². The number of carbonyl (C=O) groups excluding carboxylic acids is 1. The fraction of sp³-hybridized carbons (Fsp3) is 0.481. The Hall–Kier alpha value is -2.82. The van der Waals surface area contributed by atoms with E-state index in [9.17, 15) is 14.7 Å². The van der Waals surface area contributed by atoms with E-state index in [0.29, 0.717) is 13.0 Å². The first-order valence-corrected chi connectivity index (χ1v) is 11.8. The van der Waals surface area contributed by atoms with Gasteiger partial charge in [0, 0.05) is 12.5 Å². The smallest absolute Gasteiger partial charge is 0.410 e. The molecule has 0 spiro atoms. The van der Waals surface area contributed by atoms with Gasteiger partial charge in [0.2, 0.25) is 0 Å². The standard InChI is InChI=1S/C27H33NO4/c1-4-28(27(25(29)30)16-10-9-15-24(27)18(2)3)26(31)32-17-23-21-13-7-5-11-19(21)20-12-6-8-14-22(20)23/h5-8,11-14,18,23-24H,4,9-10,15-17H2,1-3H3,(H,29,30). The van der Waals surface area contributed by atoms with Crippen LogP contribution in [0.4, 0.5) is 4.79 Å². The van der Waals surface area contributed by atoms with Crippen LogP contribution in [0.15, 0.2) is 48.5 Å². The quantitative estimate of drug-likeness (QED) is 0.611. The summed E-state index contributed by atoms with van der Waals surface area (Å²) >= 11 is 0. The molecule has 2 aromatic carbocycles. The number of benzene rings is 2. The van der Waals surface area contributed by atoms with Gasteiger partial charge in [0.05, 0.1) is 0 Å². The number of hydrogen-bond acceptors (Lipinski definition) is 3. The van der Waals surface area contributed by atoms with Gasteiger partial charge in [0.15, 0.2) is 0 Å². The summed E-state index contributed by atoms with van der Waals surface area (Å²) in [5, 5.41) is 10.3. The minimum atomic E-state index is -1.20. The lowest BCUT2D eigenvalue weighted by molar-refractivity contribution is -0.159. The largest absolute Gasteiger partial charge is 0.479 e. The highest BCUT2D eigenvalue weighted by molar-refractivity contribution is 5.85. The maximum atomic E-state index is 13.4. The number of amides is 1. The molecule has 2 aromatic rings. The Bertz CT molecular complexity index is 955. The third kappa shape index (κ3) is 3.58. The molecule has 0 saturated heterocycles. The van der Waals surface area contributed by atoms with E-state index in [1.807, 2.05) is 31.2 Å². The molecule has 1 N–H and O–H groups in total. The zero-order valence-corrected chi connectivity index (χ0v) is 19.2. The van der Waals surface area contributed by atoms with Gasteiger partial charge < -0.3 is 9.84 Å². The Kier molecular flexibility index (Phi) is 6.27. The van der Waals surface area contributed by atoms with Gasteiger partial charge in [-0.15, -0.1) is 0 Å². The van der Waals surface area contributed by atoms with Crippen molar-refractivity contribution in [2.75, 3.05) is 13.2 Å². The molecule has 2 atom stereocenters. The van der Waals surface area contributed by atoms with Gasteiger partial charge in [0.1, 0.15) is 12.1 Å². The summed E-state index contributed by atoms with van der Waals surface area (Å²) < 4.78 is 5.87. The van der Waals surface area contributed by atoms with E-state index in [-0.39, 0.29) is 24.4 Å². The molecular weight excluding hydrogens is 402 g/mol. The molecule has 0 aliphatic heterocycles. The summed E-state index contributed by atoms with van der Waals surface area (Å²) in [6.07, 6.45) is 2.58. The van der Waals surface area contributed by atoms with Crippen LogP contribution in [0, 0.1) is 11.8 Å². The molecule has 2 aliphatic rings. The number of rotatable bonds is 6. The number of carboxylic acid groups (broad SMARTS) is 1. The van der Waals surface area contributed by atoms with E-state index in [2.05, 4.69) is 38.1 Å². The van der Waals surface area contributed by atoms with Crippen LogP contribution in [0.2, 0.25) is 0 Å². The molecule has 32 heavy (non-hydrogen) atoms. The van der Waals surface area contributed by atoms with Gasteiger partial charge in [-0.3, -0.25) is 4.90 Å². The third-order valence-corrected chi connectivity index (χ3v) is 7.47. The van der Waals surface area contributed by atoms with Crippen LogP contribution in [0.3, 0.4) is 0 Å². The van der Waals surface area contributed by atoms with Crippen molar-refractivity contribution >= 4 is 12.1 Å². The fourth-order valence-electron chi connectivity index (χ4n) is 6.03. The molecule has 0 aromatic heterocycles. The van der Waals surface area contributed by atoms with E-state index in [4.69, 9.17) is 4.74 Å². The van der Waals surface area contributed by atoms with Crippen LogP contribution in [0.25, 0.3) is 11.1 Å². The average Bonchev–Trinajstić information content (AvgIpc) is 3.12. The maximum absolute atomic E-state index is 13.4. The van der Waals surface area contributed by atoms with E-state index in [0.717, 1.165) is 30.4 Å². The van der Waals surface area contributed by atoms with Crippen LogP contribution >= 0.6 is 0 Å². The number of likely N-dealkylation sites (N-methyl/N-ethyl adjacent to an activating group) is 1. The van der Waals surface area contributed by atoms with Gasteiger partial charge in [-0.2, -0.15) is 0 Å². The van der Waals surface area contributed by atoms with E-state index >= 15 is 0 Å². The second-order valence-corrected chi connectivity index (χ2v) is 9.37. The normalized spacial score (nSPS) is 22.3. The number of carboxylic acids is 1. The minimum absolute atomic E-state index is 0.0434. The highest BCUT2D eigenvalue weighted by atomic mass is 16.6. The first-order chi connectivity index (χ1) is 15.4. The Morgan fingerprint density at radius 1 is 1.06 bits per heavy atom. The topological polar surface area (TPSA) is 66.8 Å². The van der Waals surface area contributed by atoms with Crippen molar-refractivity contribution < 1.29 is 19.4 Å². The third-order valence-electron chi connectivity index (χ3n) is 7.47. The van der Waals surface area contributed by atoms with E-state index < -0.39 is 17.6 Å². The van der Waals surface area contributed by atoms with Crippen LogP contribution in [0.5, 0.6) is 0 Å². The highest BCUT2D eigenvalue weighted by Crippen LogP contribution is 2.46. The minimum Gasteiger partial charge on any atom is -0.479 e. The van der Waals surface area contributed by atoms with Crippen LogP contribution in [0.1, 0.15) is 63.5 Å². The van der Waals surface area contributed by atoms with Crippen molar-refractivity contribution in [3.8, 4) is 11.1 Å². The Balaban J connectivity index is 1.60. The lowest BCUT2D eigenvalue weighted by atomic mass is 9.67. The fourth-order valence-corrected chi connectivity index (χ4v) is 6.03. The summed E-state index contributed by atoms with van der Waals surface area (Å²) in [6.45, 7) is 6.47. The van der Waals surface area contributed by atoms with Gasteiger partial charge in [-0.25, -0.2) is 9.59 Å². The van der Waals surface area contributed by atoms with E-state index in [1.54, 1.807) is 0 Å². The Morgan fingerprint density at radius 3 is 2.19 bits per heavy atom. The summed E-state index contributed by atoms with van der Waals surface area (Å²) in [6, 6.07) is 16.4. The van der Waals surface area contributed by atoms with Crippen molar-refractivity contribution in [1.82, 2.24) is 4.90 Å². The summed E-state index contributed by atoms with van der Waals surface area (Å²) in [7, 11) is 0. The molecule has 2 unspecified atom stereocenters. The second-order valence-electron chi connectivity index (χ2n) is 9.37. The van der Waals surface area contributed by atoms with E-state index in [1.165, 1.54) is 16.0 Å². The van der Waals surface area contributed by atoms with Gasteiger partial charge in [-0.05, 0) is 53.9 Å². The number of carbonyl (C=O) groups is 2. The average molecular weight is 436 g/mol. The van der Waals surface area contributed by atoms with Gasteiger partial charge in [0.25, 0.3) is 0 Å². The molecule has 2 aliphatic carbocycles. The molecule has 1 saturated carbocycles. The van der Waals surface area contributed by atoms with Crippen molar-refractivity contribution in [1.29, 1.82) is 0 Å². The molecule has 0 radical (unpaired) electrons. The first kappa shape index (κ1) is 22.4. The summed E-state index contributed by atoms with van der Waals surface area (Å²) in [4.78, 5) is 27.5. The van der Waals surface area contributed by atoms with Crippen LogP contribution < -0.4 is 0 Å². The number of nitrogens with zero attached hydrogens (tertiary/aromatic N) is 1. The van der Waals surface area contributed by atoms with Crippen molar-refractivity contribution in [3.05, 3.63) is 59.7 Å². The molecule has 0 heterocycles. The molecule has 170 valence electrons. The molecule has 4 rings (SSSR count). The predicted octanol–water partition coefficient (Wildman–Crippen LogP) is 5.93. The van der Waals surface area contributed by atoms with Crippen molar-refractivity contribution in [2.24, 2.45) is 11.8 Å². The summed E-state index contributed by atoms with van der Waals surface area (Å²) in [5.74, 6) is -0.875. The number of hydrogen-bond donors (Lipinski definition) is 1. The van der Waals surface area contributed by atoms with Crippen LogP contribution in [-0.2, 0) is 9.53 Å². The predicted molar refractivity (Wildman–Crippen MR) is 125 cm³/mol. The Morgan fingerprint density at radius 2 is 1.66 bits per heavy atom. The monoisotopic (exact) mass is 435 g/mol. The molecule has 5 nitrogen and oxygen atoms in total. The first-order valence-electron chi connectivity index (χ1n) is 11.8. The lowest BCUT2D eigenvalue weighted by Gasteiger charge is -2.48. The highest BCUT2D eigenvalue weighted by Gasteiger charge is 2.54. The lowest BCUT2D eigenvalue weighted by Crippen LogP contribution is -2.63. The zero-order chi connectivity index (χ0) is 22.9. The SMILES string of the molecule is CCN(C(=O)OCC1c2ccccc2-c2ccccc21)C1(C(=O)O)CCCCC1C(C)C. The Labute approximate surface area is 190 Å².